The molecule has 3 rings (SSSR count). The Morgan fingerprint density at radius 2 is 1.88 bits per heavy atom. The third kappa shape index (κ3) is 5.61. The third-order valence-electron chi connectivity index (χ3n) is 4.30. The molecule has 3 amide bonds. The van der Waals surface area contributed by atoms with Gasteiger partial charge in [-0.1, -0.05) is 12.1 Å². The second-order valence-electron chi connectivity index (χ2n) is 6.38. The summed E-state index contributed by atoms with van der Waals surface area (Å²) in [5, 5.41) is 2.06. The van der Waals surface area contributed by atoms with Crippen LogP contribution in [0.4, 0.5) is 18.0 Å². The molecule has 0 spiro atoms. The summed E-state index contributed by atoms with van der Waals surface area (Å²) in [5.74, 6) is -1.76. The van der Waals surface area contributed by atoms with E-state index in [1.807, 2.05) is 0 Å². The van der Waals surface area contributed by atoms with Crippen LogP contribution in [0.1, 0.15) is 15.9 Å². The molecule has 0 unspecified atom stereocenters. The molecule has 1 aliphatic rings. The Morgan fingerprint density at radius 3 is 2.53 bits per heavy atom. The van der Waals surface area contributed by atoms with E-state index in [9.17, 15) is 27.6 Å². The minimum atomic E-state index is -3.04. The lowest BCUT2D eigenvalue weighted by Gasteiger charge is -2.14. The standard InChI is InChI=1S/C21H17F3N2O5S/c1-30-16-11-13(4-7-15(16)31-20(23)24)18(27)25-8-9-26-19(28)17(32-21(26)29)10-12-2-5-14(22)6-3-12/h2-7,10-11,20H,8-9H2,1H3,(H,25,27)/b17-10-. The molecule has 168 valence electrons. The zero-order valence-corrected chi connectivity index (χ0v) is 17.5. The van der Waals surface area contributed by atoms with E-state index in [0.29, 0.717) is 5.56 Å². The molecule has 2 aromatic carbocycles. The van der Waals surface area contributed by atoms with Gasteiger partial charge in [0.05, 0.1) is 12.0 Å². The summed E-state index contributed by atoms with van der Waals surface area (Å²) in [4.78, 5) is 38.1. The van der Waals surface area contributed by atoms with Crippen LogP contribution in [0, 0.1) is 5.82 Å². The predicted molar refractivity (Wildman–Crippen MR) is 111 cm³/mol. The molecular formula is C21H17F3N2O5S. The number of ether oxygens (including phenoxy) is 2. The Kier molecular flexibility index (Phi) is 7.41. The maximum absolute atomic E-state index is 13.0. The Hall–Kier alpha value is -3.47. The van der Waals surface area contributed by atoms with Gasteiger partial charge >= 0.3 is 6.61 Å². The second-order valence-corrected chi connectivity index (χ2v) is 7.38. The molecular weight excluding hydrogens is 449 g/mol. The van der Waals surface area contributed by atoms with Gasteiger partial charge in [0, 0.05) is 18.7 Å². The van der Waals surface area contributed by atoms with E-state index in [1.165, 1.54) is 55.7 Å². The number of benzene rings is 2. The first-order valence-corrected chi connectivity index (χ1v) is 10.0. The molecule has 7 nitrogen and oxygen atoms in total. The highest BCUT2D eigenvalue weighted by Crippen LogP contribution is 2.32. The van der Waals surface area contributed by atoms with Gasteiger partial charge in [0.1, 0.15) is 5.82 Å². The molecule has 0 aromatic heterocycles. The molecule has 32 heavy (non-hydrogen) atoms. The van der Waals surface area contributed by atoms with Gasteiger partial charge in [-0.25, -0.2) is 4.39 Å². The average molecular weight is 466 g/mol. The summed E-state index contributed by atoms with van der Waals surface area (Å²) < 4.78 is 47.1. The number of rotatable bonds is 8. The van der Waals surface area contributed by atoms with Crippen molar-refractivity contribution in [2.75, 3.05) is 20.2 Å². The summed E-state index contributed by atoms with van der Waals surface area (Å²) in [6.45, 7) is -3.14. The largest absolute Gasteiger partial charge is 0.493 e. The molecule has 1 aliphatic heterocycles. The molecule has 1 saturated heterocycles. The van der Waals surface area contributed by atoms with Gasteiger partial charge in [0.15, 0.2) is 11.5 Å². The molecule has 0 saturated carbocycles. The number of imide groups is 1. The van der Waals surface area contributed by atoms with Crippen molar-refractivity contribution in [1.82, 2.24) is 10.2 Å². The number of methoxy groups -OCH3 is 1. The van der Waals surface area contributed by atoms with Crippen molar-refractivity contribution in [3.63, 3.8) is 0 Å². The number of nitrogens with one attached hydrogen (secondary N) is 1. The SMILES string of the molecule is COc1cc(C(=O)NCCN2C(=O)S/C(=C\c3ccc(F)cc3)C2=O)ccc1OC(F)F. The number of hydrogen-bond acceptors (Lipinski definition) is 6. The first kappa shape index (κ1) is 23.2. The van der Waals surface area contributed by atoms with Gasteiger partial charge in [-0.2, -0.15) is 8.78 Å². The zero-order chi connectivity index (χ0) is 23.3. The van der Waals surface area contributed by atoms with E-state index in [2.05, 4.69) is 10.1 Å². The van der Waals surface area contributed by atoms with Crippen LogP contribution in [0.15, 0.2) is 47.4 Å². The van der Waals surface area contributed by atoms with Crippen LogP contribution in [0.3, 0.4) is 0 Å². The summed E-state index contributed by atoms with van der Waals surface area (Å²) in [7, 11) is 1.24. The lowest BCUT2D eigenvalue weighted by atomic mass is 10.2. The summed E-state index contributed by atoms with van der Waals surface area (Å²) in [6, 6.07) is 9.14. The monoisotopic (exact) mass is 466 g/mol. The van der Waals surface area contributed by atoms with Gasteiger partial charge < -0.3 is 14.8 Å². The maximum Gasteiger partial charge on any atom is 0.387 e. The Bertz CT molecular complexity index is 1060. The molecule has 0 radical (unpaired) electrons. The molecule has 2 aromatic rings. The fourth-order valence-electron chi connectivity index (χ4n) is 2.79. The Morgan fingerprint density at radius 1 is 1.16 bits per heavy atom. The van der Waals surface area contributed by atoms with Crippen LogP contribution in [-0.4, -0.2) is 48.8 Å². The van der Waals surface area contributed by atoms with Crippen molar-refractivity contribution in [3.05, 3.63) is 64.3 Å². The van der Waals surface area contributed by atoms with Gasteiger partial charge in [-0.05, 0) is 53.7 Å². The van der Waals surface area contributed by atoms with E-state index >= 15 is 0 Å². The number of thioether (sulfide) groups is 1. The number of alkyl halides is 2. The molecule has 11 heteroatoms. The van der Waals surface area contributed by atoms with Gasteiger partial charge in [-0.15, -0.1) is 0 Å². The quantitative estimate of drug-likeness (QED) is 0.594. The first-order chi connectivity index (χ1) is 15.3. The van der Waals surface area contributed by atoms with Crippen LogP contribution >= 0.6 is 11.8 Å². The average Bonchev–Trinajstić information content (AvgIpc) is 3.02. The van der Waals surface area contributed by atoms with Crippen molar-refractivity contribution in [3.8, 4) is 11.5 Å². The molecule has 0 bridgehead atoms. The van der Waals surface area contributed by atoms with E-state index in [-0.39, 0.29) is 35.1 Å². The van der Waals surface area contributed by atoms with Gasteiger partial charge in [-0.3, -0.25) is 19.3 Å². The number of nitrogens with zero attached hydrogens (tertiary/aromatic N) is 1. The number of hydrogen-bond donors (Lipinski definition) is 1. The van der Waals surface area contributed by atoms with Gasteiger partial charge in [0.2, 0.25) is 0 Å². The highest BCUT2D eigenvalue weighted by molar-refractivity contribution is 8.18. The minimum Gasteiger partial charge on any atom is -0.493 e. The Labute approximate surface area is 185 Å². The number of halogens is 3. The van der Waals surface area contributed by atoms with E-state index in [1.54, 1.807) is 0 Å². The molecule has 0 atom stereocenters. The summed E-state index contributed by atoms with van der Waals surface area (Å²) >= 11 is 0.748. The zero-order valence-electron chi connectivity index (χ0n) is 16.6. The maximum atomic E-state index is 13.0. The second kappa shape index (κ2) is 10.2. The summed E-state index contributed by atoms with van der Waals surface area (Å²) in [6.07, 6.45) is 1.48. The molecule has 0 aliphatic carbocycles. The van der Waals surface area contributed by atoms with Crippen molar-refractivity contribution in [2.45, 2.75) is 6.61 Å². The van der Waals surface area contributed by atoms with Crippen LogP contribution in [0.25, 0.3) is 6.08 Å². The van der Waals surface area contributed by atoms with Crippen molar-refractivity contribution in [1.29, 1.82) is 0 Å². The fraction of sp³-hybridized carbons (Fsp3) is 0.190. The topological polar surface area (TPSA) is 84.9 Å². The van der Waals surface area contributed by atoms with Gasteiger partial charge in [0.25, 0.3) is 17.1 Å². The van der Waals surface area contributed by atoms with Crippen LogP contribution in [0.5, 0.6) is 11.5 Å². The molecule has 1 fully saturated rings. The smallest absolute Gasteiger partial charge is 0.387 e. The van der Waals surface area contributed by atoms with Crippen LogP contribution < -0.4 is 14.8 Å². The highest BCUT2D eigenvalue weighted by atomic mass is 32.2. The van der Waals surface area contributed by atoms with Crippen LogP contribution in [-0.2, 0) is 4.79 Å². The molecule has 1 N–H and O–H groups in total. The van der Waals surface area contributed by atoms with E-state index in [4.69, 9.17) is 4.74 Å². The van der Waals surface area contributed by atoms with Crippen molar-refractivity contribution in [2.24, 2.45) is 0 Å². The fourth-order valence-corrected chi connectivity index (χ4v) is 3.65. The molecule has 1 heterocycles. The lowest BCUT2D eigenvalue weighted by molar-refractivity contribution is -0.122. The predicted octanol–water partition coefficient (Wildman–Crippen LogP) is 3.90. The van der Waals surface area contributed by atoms with Crippen molar-refractivity contribution < 1.29 is 37.0 Å². The van der Waals surface area contributed by atoms with Crippen molar-refractivity contribution >= 4 is 34.9 Å². The lowest BCUT2D eigenvalue weighted by Crippen LogP contribution is -2.37. The van der Waals surface area contributed by atoms with E-state index in [0.717, 1.165) is 16.7 Å². The number of amides is 3. The normalized spacial score (nSPS) is 14.9. The third-order valence-corrected chi connectivity index (χ3v) is 5.21. The number of carbonyl (C=O) groups excluding carboxylic acids is 3. The first-order valence-electron chi connectivity index (χ1n) is 9.20. The highest BCUT2D eigenvalue weighted by Gasteiger charge is 2.34. The van der Waals surface area contributed by atoms with Crippen LogP contribution in [0.2, 0.25) is 0 Å². The minimum absolute atomic E-state index is 0.0295. The summed E-state index contributed by atoms with van der Waals surface area (Å²) in [5.41, 5.74) is 0.687. The number of carbonyl (C=O) groups is 3. The van der Waals surface area contributed by atoms with E-state index < -0.39 is 29.5 Å². The Balaban J connectivity index is 1.59.